The molecule has 0 bridgehead atoms. The van der Waals surface area contributed by atoms with Gasteiger partial charge in [0.2, 0.25) is 0 Å². The largest absolute Gasteiger partial charge is 0.381 e. The molecule has 0 N–H and O–H groups in total. The molecule has 1 heterocycles. The summed E-state index contributed by atoms with van der Waals surface area (Å²) in [6, 6.07) is 0. The number of hydrogen-bond acceptors (Lipinski definition) is 3. The van der Waals surface area contributed by atoms with E-state index in [2.05, 4.69) is 20.8 Å². The Bertz CT molecular complexity index is 224. The SMILES string of the molecule is CCOC(C(=O)C1CCCOC1)C(C)(C)C. The van der Waals surface area contributed by atoms with Crippen LogP contribution in [0.4, 0.5) is 0 Å². The third kappa shape index (κ3) is 3.56. The molecular formula is C13H24O3. The lowest BCUT2D eigenvalue weighted by Crippen LogP contribution is -2.42. The van der Waals surface area contributed by atoms with Crippen LogP contribution in [0, 0.1) is 11.3 Å². The predicted octanol–water partition coefficient (Wildman–Crippen LogP) is 2.43. The number of carbonyl (C=O) groups excluding carboxylic acids is 1. The highest BCUT2D eigenvalue weighted by molar-refractivity contribution is 5.86. The standard InChI is InChI=1S/C13H24O3/c1-5-16-12(13(2,3)4)11(14)10-7-6-8-15-9-10/h10,12H,5-9H2,1-4H3. The molecule has 0 aliphatic carbocycles. The second-order valence-corrected chi connectivity index (χ2v) is 5.52. The summed E-state index contributed by atoms with van der Waals surface area (Å²) in [5.41, 5.74) is -0.134. The van der Waals surface area contributed by atoms with E-state index in [-0.39, 0.29) is 23.2 Å². The normalized spacial score (nSPS) is 24.1. The second kappa shape index (κ2) is 5.78. The van der Waals surface area contributed by atoms with Gasteiger partial charge in [0.25, 0.3) is 0 Å². The summed E-state index contributed by atoms with van der Waals surface area (Å²) in [7, 11) is 0. The maximum absolute atomic E-state index is 12.3. The van der Waals surface area contributed by atoms with Crippen LogP contribution < -0.4 is 0 Å². The van der Waals surface area contributed by atoms with Gasteiger partial charge in [-0.25, -0.2) is 0 Å². The topological polar surface area (TPSA) is 35.5 Å². The third-order valence-electron chi connectivity index (χ3n) is 2.94. The zero-order valence-corrected chi connectivity index (χ0v) is 10.9. The van der Waals surface area contributed by atoms with Gasteiger partial charge >= 0.3 is 0 Å². The summed E-state index contributed by atoms with van der Waals surface area (Å²) >= 11 is 0. The van der Waals surface area contributed by atoms with E-state index in [1.165, 1.54) is 0 Å². The molecule has 3 heteroatoms. The lowest BCUT2D eigenvalue weighted by Gasteiger charge is -2.33. The van der Waals surface area contributed by atoms with Crippen LogP contribution in [0.25, 0.3) is 0 Å². The minimum absolute atomic E-state index is 0.0320. The molecule has 1 rings (SSSR count). The van der Waals surface area contributed by atoms with Gasteiger partial charge in [0.15, 0.2) is 5.78 Å². The van der Waals surface area contributed by atoms with E-state index in [4.69, 9.17) is 9.47 Å². The van der Waals surface area contributed by atoms with Crippen molar-refractivity contribution < 1.29 is 14.3 Å². The maximum Gasteiger partial charge on any atom is 0.167 e. The molecule has 0 radical (unpaired) electrons. The Morgan fingerprint density at radius 2 is 2.19 bits per heavy atom. The van der Waals surface area contributed by atoms with Crippen molar-refractivity contribution in [1.82, 2.24) is 0 Å². The first-order valence-electron chi connectivity index (χ1n) is 6.20. The Hall–Kier alpha value is -0.410. The molecule has 1 saturated heterocycles. The number of carbonyl (C=O) groups is 1. The highest BCUT2D eigenvalue weighted by atomic mass is 16.5. The molecule has 1 aliphatic rings. The van der Waals surface area contributed by atoms with Gasteiger partial charge in [0.05, 0.1) is 6.61 Å². The maximum atomic E-state index is 12.3. The molecule has 0 amide bonds. The van der Waals surface area contributed by atoms with Gasteiger partial charge in [-0.1, -0.05) is 20.8 Å². The second-order valence-electron chi connectivity index (χ2n) is 5.52. The fourth-order valence-electron chi connectivity index (χ4n) is 2.10. The molecular weight excluding hydrogens is 204 g/mol. The fraction of sp³-hybridized carbons (Fsp3) is 0.923. The molecule has 3 nitrogen and oxygen atoms in total. The molecule has 1 aliphatic heterocycles. The van der Waals surface area contributed by atoms with Crippen LogP contribution >= 0.6 is 0 Å². The molecule has 0 saturated carbocycles. The molecule has 0 spiro atoms. The molecule has 16 heavy (non-hydrogen) atoms. The van der Waals surface area contributed by atoms with Crippen molar-refractivity contribution in [2.45, 2.75) is 46.6 Å². The Morgan fingerprint density at radius 3 is 2.62 bits per heavy atom. The zero-order chi connectivity index (χ0) is 12.2. The van der Waals surface area contributed by atoms with Crippen LogP contribution in [0.1, 0.15) is 40.5 Å². The van der Waals surface area contributed by atoms with E-state index >= 15 is 0 Å². The molecule has 0 aromatic heterocycles. The smallest absolute Gasteiger partial charge is 0.167 e. The van der Waals surface area contributed by atoms with Crippen molar-refractivity contribution in [2.24, 2.45) is 11.3 Å². The predicted molar refractivity (Wildman–Crippen MR) is 63.4 cm³/mol. The zero-order valence-electron chi connectivity index (χ0n) is 10.9. The minimum Gasteiger partial charge on any atom is -0.381 e. The van der Waals surface area contributed by atoms with Crippen molar-refractivity contribution in [2.75, 3.05) is 19.8 Å². The molecule has 94 valence electrons. The number of ketones is 1. The van der Waals surface area contributed by atoms with Gasteiger partial charge in [0.1, 0.15) is 6.10 Å². The van der Waals surface area contributed by atoms with Crippen LogP contribution in [0.5, 0.6) is 0 Å². The van der Waals surface area contributed by atoms with E-state index in [1.807, 2.05) is 6.92 Å². The van der Waals surface area contributed by atoms with Gasteiger partial charge in [0, 0.05) is 19.1 Å². The van der Waals surface area contributed by atoms with Crippen molar-refractivity contribution in [3.05, 3.63) is 0 Å². The number of Topliss-reactive ketones (excluding diaryl/α,β-unsaturated/α-hetero) is 1. The van der Waals surface area contributed by atoms with E-state index in [9.17, 15) is 4.79 Å². The Kier molecular flexibility index (Phi) is 4.93. The van der Waals surface area contributed by atoms with Crippen LogP contribution in [0.3, 0.4) is 0 Å². The van der Waals surface area contributed by atoms with E-state index in [0.29, 0.717) is 13.2 Å². The van der Waals surface area contributed by atoms with Gasteiger partial charge in [-0.05, 0) is 25.2 Å². The van der Waals surface area contributed by atoms with Crippen LogP contribution in [0.2, 0.25) is 0 Å². The molecule has 0 aromatic carbocycles. The van der Waals surface area contributed by atoms with Crippen molar-refractivity contribution >= 4 is 5.78 Å². The summed E-state index contributed by atoms with van der Waals surface area (Å²) in [4.78, 5) is 12.3. The lowest BCUT2D eigenvalue weighted by atomic mass is 9.81. The van der Waals surface area contributed by atoms with Crippen LogP contribution in [-0.4, -0.2) is 31.7 Å². The molecule has 0 aromatic rings. The highest BCUT2D eigenvalue weighted by Gasteiger charge is 2.36. The summed E-state index contributed by atoms with van der Waals surface area (Å²) in [6.45, 7) is 10.0. The number of hydrogen-bond donors (Lipinski definition) is 0. The van der Waals surface area contributed by atoms with Crippen molar-refractivity contribution in [1.29, 1.82) is 0 Å². The summed E-state index contributed by atoms with van der Waals surface area (Å²) in [5, 5.41) is 0. The number of rotatable bonds is 4. The highest BCUT2D eigenvalue weighted by Crippen LogP contribution is 2.28. The molecule has 2 unspecified atom stereocenters. The van der Waals surface area contributed by atoms with Gasteiger partial charge in [-0.3, -0.25) is 4.79 Å². The first-order chi connectivity index (χ1) is 7.46. The average Bonchev–Trinajstić information content (AvgIpc) is 2.25. The van der Waals surface area contributed by atoms with E-state index in [1.54, 1.807) is 0 Å². The fourth-order valence-corrected chi connectivity index (χ4v) is 2.10. The Labute approximate surface area is 98.5 Å². The van der Waals surface area contributed by atoms with Crippen molar-refractivity contribution in [3.8, 4) is 0 Å². The quantitative estimate of drug-likeness (QED) is 0.741. The minimum atomic E-state index is -0.302. The van der Waals surface area contributed by atoms with E-state index in [0.717, 1.165) is 19.4 Å². The first kappa shape index (κ1) is 13.7. The molecule has 1 fully saturated rings. The third-order valence-corrected chi connectivity index (χ3v) is 2.94. The summed E-state index contributed by atoms with van der Waals surface area (Å²) < 4.78 is 11.0. The Balaban J connectivity index is 2.66. The first-order valence-corrected chi connectivity index (χ1v) is 6.20. The summed E-state index contributed by atoms with van der Waals surface area (Å²) in [6.07, 6.45) is 1.63. The van der Waals surface area contributed by atoms with Gasteiger partial charge < -0.3 is 9.47 Å². The van der Waals surface area contributed by atoms with Crippen LogP contribution in [0.15, 0.2) is 0 Å². The van der Waals surface area contributed by atoms with Gasteiger partial charge in [-0.15, -0.1) is 0 Å². The van der Waals surface area contributed by atoms with Crippen LogP contribution in [-0.2, 0) is 14.3 Å². The Morgan fingerprint density at radius 1 is 1.50 bits per heavy atom. The summed E-state index contributed by atoms with van der Waals surface area (Å²) in [5.74, 6) is 0.249. The molecule has 2 atom stereocenters. The van der Waals surface area contributed by atoms with E-state index < -0.39 is 0 Å². The number of ether oxygens (including phenoxy) is 2. The monoisotopic (exact) mass is 228 g/mol. The lowest BCUT2D eigenvalue weighted by molar-refractivity contribution is -0.145. The van der Waals surface area contributed by atoms with Crippen molar-refractivity contribution in [3.63, 3.8) is 0 Å². The average molecular weight is 228 g/mol. The van der Waals surface area contributed by atoms with Gasteiger partial charge in [-0.2, -0.15) is 0 Å².